The summed E-state index contributed by atoms with van der Waals surface area (Å²) in [6.07, 6.45) is 0. The van der Waals surface area contributed by atoms with E-state index in [2.05, 4.69) is 15.9 Å². The lowest BCUT2D eigenvalue weighted by molar-refractivity contribution is -0.138. The van der Waals surface area contributed by atoms with Crippen molar-refractivity contribution in [2.45, 2.75) is 12.8 Å². The van der Waals surface area contributed by atoms with Crippen LogP contribution in [0.15, 0.2) is 10.5 Å². The van der Waals surface area contributed by atoms with Crippen molar-refractivity contribution in [3.63, 3.8) is 0 Å². The smallest absolute Gasteiger partial charge is 0.312 e. The number of halogens is 1. The first-order chi connectivity index (χ1) is 8.56. The molecule has 1 aliphatic rings. The van der Waals surface area contributed by atoms with Gasteiger partial charge in [0.05, 0.1) is 5.92 Å². The van der Waals surface area contributed by atoms with Crippen molar-refractivity contribution in [1.82, 2.24) is 0 Å². The molecule has 1 aromatic carbocycles. The van der Waals surface area contributed by atoms with Crippen molar-refractivity contribution in [2.75, 3.05) is 19.8 Å². The molecule has 0 fully saturated rings. The number of fused-ring (bicyclic) bond motifs is 1. The highest BCUT2D eigenvalue weighted by Crippen LogP contribution is 2.43. The standard InChI is InChI=1S/C12H14BrNO4/c1-6-8(13)4-9-11(18-3-2-17-9)10(6)7(5-14)12(15)16/h4,7H,2-3,5,14H2,1H3,(H,15,16). The maximum absolute atomic E-state index is 11.3. The predicted octanol–water partition coefficient (Wildman–Crippen LogP) is 1.66. The first-order valence-corrected chi connectivity index (χ1v) is 6.37. The van der Waals surface area contributed by atoms with E-state index < -0.39 is 11.9 Å². The van der Waals surface area contributed by atoms with Crippen molar-refractivity contribution >= 4 is 21.9 Å². The van der Waals surface area contributed by atoms with E-state index in [-0.39, 0.29) is 6.54 Å². The summed E-state index contributed by atoms with van der Waals surface area (Å²) in [5.74, 6) is -0.693. The lowest BCUT2D eigenvalue weighted by Crippen LogP contribution is -2.25. The molecular weight excluding hydrogens is 302 g/mol. The van der Waals surface area contributed by atoms with E-state index >= 15 is 0 Å². The van der Waals surface area contributed by atoms with Gasteiger partial charge in [-0.05, 0) is 18.6 Å². The van der Waals surface area contributed by atoms with Crippen LogP contribution in [0.5, 0.6) is 11.5 Å². The molecule has 2 rings (SSSR count). The fraction of sp³-hybridized carbons (Fsp3) is 0.417. The summed E-state index contributed by atoms with van der Waals surface area (Å²) >= 11 is 3.40. The molecule has 0 spiro atoms. The normalized spacial score (nSPS) is 15.3. The van der Waals surface area contributed by atoms with Crippen molar-refractivity contribution in [1.29, 1.82) is 0 Å². The molecule has 0 bridgehead atoms. The third-order valence-electron chi connectivity index (χ3n) is 2.96. The molecule has 1 atom stereocenters. The SMILES string of the molecule is Cc1c(Br)cc2c(c1C(CN)C(=O)O)OCCO2. The quantitative estimate of drug-likeness (QED) is 0.886. The molecular formula is C12H14BrNO4. The second kappa shape index (κ2) is 5.16. The highest BCUT2D eigenvalue weighted by atomic mass is 79.9. The summed E-state index contributed by atoms with van der Waals surface area (Å²) in [6.45, 7) is 2.73. The second-order valence-corrected chi connectivity index (χ2v) is 4.90. The maximum Gasteiger partial charge on any atom is 0.312 e. The van der Waals surface area contributed by atoms with Gasteiger partial charge in [-0.2, -0.15) is 0 Å². The molecule has 0 radical (unpaired) electrons. The van der Waals surface area contributed by atoms with Gasteiger partial charge in [0.25, 0.3) is 0 Å². The molecule has 1 heterocycles. The molecule has 5 nitrogen and oxygen atoms in total. The third-order valence-corrected chi connectivity index (χ3v) is 3.78. The molecule has 0 aromatic heterocycles. The predicted molar refractivity (Wildman–Crippen MR) is 69.3 cm³/mol. The zero-order valence-corrected chi connectivity index (χ0v) is 11.5. The van der Waals surface area contributed by atoms with E-state index in [1.54, 1.807) is 6.07 Å². The molecule has 98 valence electrons. The van der Waals surface area contributed by atoms with Gasteiger partial charge >= 0.3 is 5.97 Å². The Kier molecular flexibility index (Phi) is 3.77. The van der Waals surface area contributed by atoms with Crippen molar-refractivity contribution in [3.05, 3.63) is 21.7 Å². The molecule has 0 saturated carbocycles. The Balaban J connectivity index is 2.63. The number of ether oxygens (including phenoxy) is 2. The van der Waals surface area contributed by atoms with Crippen LogP contribution in [0.2, 0.25) is 0 Å². The lowest BCUT2D eigenvalue weighted by atomic mass is 9.93. The average molecular weight is 316 g/mol. The maximum atomic E-state index is 11.3. The van der Waals surface area contributed by atoms with E-state index in [4.69, 9.17) is 15.2 Å². The molecule has 1 aromatic rings. The van der Waals surface area contributed by atoms with Crippen LogP contribution in [-0.4, -0.2) is 30.8 Å². The minimum atomic E-state index is -0.963. The van der Waals surface area contributed by atoms with Gasteiger partial charge in [0, 0.05) is 16.6 Å². The van der Waals surface area contributed by atoms with Crippen LogP contribution in [0.1, 0.15) is 17.0 Å². The topological polar surface area (TPSA) is 81.8 Å². The summed E-state index contributed by atoms with van der Waals surface area (Å²) in [5, 5.41) is 9.25. The molecule has 3 N–H and O–H groups in total. The zero-order valence-electron chi connectivity index (χ0n) is 9.90. The Morgan fingerprint density at radius 3 is 2.83 bits per heavy atom. The summed E-state index contributed by atoms with van der Waals surface area (Å²) in [4.78, 5) is 11.3. The van der Waals surface area contributed by atoms with Gasteiger partial charge in [-0.25, -0.2) is 0 Å². The molecule has 0 saturated heterocycles. The number of hydrogen-bond donors (Lipinski definition) is 2. The van der Waals surface area contributed by atoms with Gasteiger partial charge < -0.3 is 20.3 Å². The first-order valence-electron chi connectivity index (χ1n) is 5.57. The van der Waals surface area contributed by atoms with E-state index in [1.165, 1.54) is 0 Å². The summed E-state index contributed by atoms with van der Waals surface area (Å²) in [6, 6.07) is 1.79. The largest absolute Gasteiger partial charge is 0.486 e. The summed E-state index contributed by atoms with van der Waals surface area (Å²) in [7, 11) is 0. The molecule has 0 aliphatic carbocycles. The Morgan fingerprint density at radius 1 is 1.56 bits per heavy atom. The number of nitrogens with two attached hydrogens (primary N) is 1. The lowest BCUT2D eigenvalue weighted by Gasteiger charge is -2.25. The van der Waals surface area contributed by atoms with Crippen LogP contribution in [0, 0.1) is 6.92 Å². The first kappa shape index (κ1) is 13.2. The van der Waals surface area contributed by atoms with Gasteiger partial charge in [0.1, 0.15) is 13.2 Å². The Labute approximate surface area is 113 Å². The monoisotopic (exact) mass is 315 g/mol. The number of carboxylic acids is 1. The van der Waals surface area contributed by atoms with Crippen LogP contribution in [0.25, 0.3) is 0 Å². The molecule has 6 heteroatoms. The highest BCUT2D eigenvalue weighted by molar-refractivity contribution is 9.10. The van der Waals surface area contributed by atoms with Gasteiger partial charge in [-0.15, -0.1) is 0 Å². The van der Waals surface area contributed by atoms with Gasteiger partial charge in [-0.1, -0.05) is 15.9 Å². The number of rotatable bonds is 3. The van der Waals surface area contributed by atoms with Crippen LogP contribution >= 0.6 is 15.9 Å². The second-order valence-electron chi connectivity index (χ2n) is 4.05. The molecule has 18 heavy (non-hydrogen) atoms. The molecule has 0 amide bonds. The minimum absolute atomic E-state index is 0.0163. The highest BCUT2D eigenvalue weighted by Gasteiger charge is 2.29. The number of carbonyl (C=O) groups is 1. The van der Waals surface area contributed by atoms with Crippen LogP contribution in [0.3, 0.4) is 0 Å². The number of benzene rings is 1. The number of hydrogen-bond acceptors (Lipinski definition) is 4. The Bertz CT molecular complexity index is 489. The number of aliphatic carboxylic acids is 1. The van der Waals surface area contributed by atoms with Crippen LogP contribution in [-0.2, 0) is 4.79 Å². The van der Waals surface area contributed by atoms with E-state index in [0.717, 1.165) is 10.0 Å². The molecule has 1 aliphatic heterocycles. The van der Waals surface area contributed by atoms with Crippen molar-refractivity contribution in [3.8, 4) is 11.5 Å². The average Bonchev–Trinajstić information content (AvgIpc) is 2.34. The van der Waals surface area contributed by atoms with Gasteiger partial charge in [0.2, 0.25) is 0 Å². The Hall–Kier alpha value is -1.27. The van der Waals surface area contributed by atoms with E-state index in [0.29, 0.717) is 30.3 Å². The minimum Gasteiger partial charge on any atom is -0.486 e. The third kappa shape index (κ3) is 2.18. The fourth-order valence-electron chi connectivity index (χ4n) is 2.03. The zero-order chi connectivity index (χ0) is 13.3. The van der Waals surface area contributed by atoms with Crippen molar-refractivity contribution in [2.24, 2.45) is 5.73 Å². The van der Waals surface area contributed by atoms with Gasteiger partial charge in [0.15, 0.2) is 11.5 Å². The van der Waals surface area contributed by atoms with Crippen LogP contribution < -0.4 is 15.2 Å². The van der Waals surface area contributed by atoms with E-state index in [1.807, 2.05) is 6.92 Å². The van der Waals surface area contributed by atoms with Gasteiger partial charge in [-0.3, -0.25) is 4.79 Å². The number of carboxylic acid groups (broad SMARTS) is 1. The fourth-order valence-corrected chi connectivity index (χ4v) is 2.46. The summed E-state index contributed by atoms with van der Waals surface area (Å²) in [5.41, 5.74) is 6.97. The molecule has 1 unspecified atom stereocenters. The Morgan fingerprint density at radius 2 is 2.22 bits per heavy atom. The van der Waals surface area contributed by atoms with Crippen molar-refractivity contribution < 1.29 is 19.4 Å². The summed E-state index contributed by atoms with van der Waals surface area (Å²) < 4.78 is 11.8. The van der Waals surface area contributed by atoms with E-state index in [9.17, 15) is 9.90 Å². The van der Waals surface area contributed by atoms with Crippen LogP contribution in [0.4, 0.5) is 0 Å².